The number of alkyl halides is 3. The Morgan fingerprint density at radius 2 is 1.96 bits per heavy atom. The minimum atomic E-state index is -4.57. The maximum absolute atomic E-state index is 14.1. The zero-order valence-corrected chi connectivity index (χ0v) is 16.0. The van der Waals surface area contributed by atoms with Crippen LogP contribution in [0, 0.1) is 5.41 Å². The highest BCUT2D eigenvalue weighted by Crippen LogP contribution is 2.47. The summed E-state index contributed by atoms with van der Waals surface area (Å²) in [7, 11) is 0. The minimum absolute atomic E-state index is 0.191. The molecule has 3 rings (SSSR count). The molecule has 3 nitrogen and oxygen atoms in total. The molecule has 1 aromatic carbocycles. The van der Waals surface area contributed by atoms with Crippen LogP contribution in [0.3, 0.4) is 0 Å². The Hall–Kier alpha value is -1.86. The van der Waals surface area contributed by atoms with E-state index in [1.807, 2.05) is 47.8 Å². The van der Waals surface area contributed by atoms with Crippen molar-refractivity contribution >= 4 is 17.2 Å². The van der Waals surface area contributed by atoms with Gasteiger partial charge in [0.1, 0.15) is 0 Å². The van der Waals surface area contributed by atoms with Crippen molar-refractivity contribution < 1.29 is 18.0 Å². The second-order valence-corrected chi connectivity index (χ2v) is 7.96. The number of rotatable bonds is 6. The predicted octanol–water partition coefficient (Wildman–Crippen LogP) is 4.55. The second-order valence-electron chi connectivity index (χ2n) is 6.92. The highest BCUT2D eigenvalue weighted by molar-refractivity contribution is 7.09. The lowest BCUT2D eigenvalue weighted by molar-refractivity contribution is -0.224. The van der Waals surface area contributed by atoms with Gasteiger partial charge in [-0.25, -0.2) is 0 Å². The van der Waals surface area contributed by atoms with Crippen molar-refractivity contribution in [2.75, 3.05) is 19.6 Å². The van der Waals surface area contributed by atoms with Crippen molar-refractivity contribution in [3.63, 3.8) is 0 Å². The van der Waals surface area contributed by atoms with Crippen LogP contribution < -0.4 is 0 Å². The number of hydrogen-bond donors (Lipinski definition) is 0. The lowest BCUT2D eigenvalue weighted by Crippen LogP contribution is -2.53. The largest absolute Gasteiger partial charge is 0.404 e. The van der Waals surface area contributed by atoms with E-state index in [0.29, 0.717) is 6.54 Å². The smallest absolute Gasteiger partial charge is 0.337 e. The number of nitrogens with zero attached hydrogens (tertiary/aromatic N) is 2. The van der Waals surface area contributed by atoms with Gasteiger partial charge in [-0.1, -0.05) is 36.4 Å². The Bertz CT molecular complexity index is 748. The number of thiophene rings is 1. The Morgan fingerprint density at radius 1 is 1.22 bits per heavy atom. The van der Waals surface area contributed by atoms with Gasteiger partial charge in [0.2, 0.25) is 5.91 Å². The van der Waals surface area contributed by atoms with E-state index in [1.54, 1.807) is 11.8 Å². The van der Waals surface area contributed by atoms with Gasteiger partial charge in [-0.15, -0.1) is 11.3 Å². The average molecular weight is 396 g/mol. The Labute approximate surface area is 161 Å². The van der Waals surface area contributed by atoms with Gasteiger partial charge < -0.3 is 4.90 Å². The molecule has 1 aromatic heterocycles. The molecule has 0 spiro atoms. The first-order valence-corrected chi connectivity index (χ1v) is 9.88. The van der Waals surface area contributed by atoms with Gasteiger partial charge in [0.25, 0.3) is 0 Å². The molecule has 1 unspecified atom stereocenters. The Kier molecular flexibility index (Phi) is 5.91. The molecule has 0 aliphatic carbocycles. The number of hydrogen-bond acceptors (Lipinski definition) is 3. The molecule has 1 fully saturated rings. The molecule has 27 heavy (non-hydrogen) atoms. The summed E-state index contributed by atoms with van der Waals surface area (Å²) in [5.74, 6) is -0.804. The molecule has 0 saturated carbocycles. The molecule has 1 aliphatic heterocycles. The van der Waals surface area contributed by atoms with Gasteiger partial charge in [-0.3, -0.25) is 9.69 Å². The minimum Gasteiger partial charge on any atom is -0.337 e. The summed E-state index contributed by atoms with van der Waals surface area (Å²) >= 11 is 1.45. The molecule has 2 aromatic rings. The summed E-state index contributed by atoms with van der Waals surface area (Å²) in [6.07, 6.45) is -4.76. The van der Waals surface area contributed by atoms with Gasteiger partial charge in [-0.2, -0.15) is 13.2 Å². The van der Waals surface area contributed by atoms with E-state index in [4.69, 9.17) is 0 Å². The Balaban J connectivity index is 1.79. The van der Waals surface area contributed by atoms with E-state index in [1.165, 1.54) is 16.2 Å². The first-order chi connectivity index (χ1) is 12.9. The maximum atomic E-state index is 14.1. The van der Waals surface area contributed by atoms with Crippen LogP contribution in [0.2, 0.25) is 0 Å². The topological polar surface area (TPSA) is 23.6 Å². The van der Waals surface area contributed by atoms with E-state index in [9.17, 15) is 18.0 Å². The summed E-state index contributed by atoms with van der Waals surface area (Å²) in [4.78, 5) is 17.0. The van der Waals surface area contributed by atoms with Crippen molar-refractivity contribution in [1.29, 1.82) is 0 Å². The summed E-state index contributed by atoms with van der Waals surface area (Å²) in [5.41, 5.74) is -1.37. The van der Waals surface area contributed by atoms with Gasteiger partial charge >= 0.3 is 6.18 Å². The summed E-state index contributed by atoms with van der Waals surface area (Å²) in [5, 5.41) is 1.87. The summed E-state index contributed by atoms with van der Waals surface area (Å²) in [6, 6.07) is 13.1. The third-order valence-corrected chi connectivity index (χ3v) is 6.01. The van der Waals surface area contributed by atoms with E-state index < -0.39 is 17.5 Å². The number of benzene rings is 1. The van der Waals surface area contributed by atoms with Gasteiger partial charge in [0.05, 0.1) is 6.54 Å². The number of halogens is 3. The number of amides is 1. The van der Waals surface area contributed by atoms with E-state index in [-0.39, 0.29) is 32.6 Å². The Morgan fingerprint density at radius 3 is 2.56 bits per heavy atom. The molecule has 146 valence electrons. The maximum Gasteiger partial charge on any atom is 0.404 e. The number of carbonyl (C=O) groups is 1. The highest BCUT2D eigenvalue weighted by atomic mass is 32.1. The standard InChI is InChI=1S/C20H23F3N2OS/c1-2-25(14-17-9-6-12-27-17)18(26)19(20(21,22)23)10-11-24(15-19)13-16-7-4-3-5-8-16/h3-9,12H,2,10-11,13-15H2,1H3. The predicted molar refractivity (Wildman–Crippen MR) is 100 cm³/mol. The lowest BCUT2D eigenvalue weighted by Gasteiger charge is -2.35. The third kappa shape index (κ3) is 4.19. The quantitative estimate of drug-likeness (QED) is 0.715. The number of likely N-dealkylation sites (tertiary alicyclic amines) is 1. The first-order valence-electron chi connectivity index (χ1n) is 9.00. The van der Waals surface area contributed by atoms with E-state index >= 15 is 0 Å². The van der Waals surface area contributed by atoms with Crippen LogP contribution in [0.25, 0.3) is 0 Å². The van der Waals surface area contributed by atoms with Crippen molar-refractivity contribution in [2.45, 2.75) is 32.6 Å². The monoisotopic (exact) mass is 396 g/mol. The molecule has 1 amide bonds. The SMILES string of the molecule is CCN(Cc1cccs1)C(=O)C1(C(F)(F)F)CCN(Cc2ccccc2)C1. The molecule has 0 bridgehead atoms. The molecular weight excluding hydrogens is 373 g/mol. The molecule has 1 atom stereocenters. The van der Waals surface area contributed by atoms with Crippen LogP contribution >= 0.6 is 11.3 Å². The summed E-state index contributed by atoms with van der Waals surface area (Å²) in [6.45, 7) is 2.61. The lowest BCUT2D eigenvalue weighted by atomic mass is 9.84. The van der Waals surface area contributed by atoms with Gasteiger partial charge in [-0.05, 0) is 36.9 Å². The fraction of sp³-hybridized carbons (Fsp3) is 0.450. The molecule has 0 N–H and O–H groups in total. The van der Waals surface area contributed by atoms with Crippen molar-refractivity contribution in [2.24, 2.45) is 5.41 Å². The number of carbonyl (C=O) groups excluding carboxylic acids is 1. The van der Waals surface area contributed by atoms with Crippen LogP contribution in [0.4, 0.5) is 13.2 Å². The third-order valence-electron chi connectivity index (χ3n) is 5.15. The van der Waals surface area contributed by atoms with Crippen LogP contribution in [-0.4, -0.2) is 41.5 Å². The van der Waals surface area contributed by atoms with Crippen molar-refractivity contribution in [3.05, 3.63) is 58.3 Å². The molecular formula is C20H23F3N2OS. The molecule has 1 aliphatic rings. The molecule has 1 saturated heterocycles. The first kappa shape index (κ1) is 19.9. The zero-order valence-electron chi connectivity index (χ0n) is 15.2. The molecule has 0 radical (unpaired) electrons. The fourth-order valence-electron chi connectivity index (χ4n) is 3.61. The van der Waals surface area contributed by atoms with Crippen LogP contribution in [0.5, 0.6) is 0 Å². The zero-order chi connectivity index (χ0) is 19.5. The van der Waals surface area contributed by atoms with Crippen LogP contribution in [0.15, 0.2) is 47.8 Å². The summed E-state index contributed by atoms with van der Waals surface area (Å²) < 4.78 is 42.2. The van der Waals surface area contributed by atoms with Crippen LogP contribution in [0.1, 0.15) is 23.8 Å². The van der Waals surface area contributed by atoms with Crippen molar-refractivity contribution in [1.82, 2.24) is 9.80 Å². The molecule has 2 heterocycles. The van der Waals surface area contributed by atoms with Gasteiger partial charge in [0, 0.05) is 24.5 Å². The van der Waals surface area contributed by atoms with Crippen LogP contribution in [-0.2, 0) is 17.9 Å². The van der Waals surface area contributed by atoms with Crippen molar-refractivity contribution in [3.8, 4) is 0 Å². The molecule has 7 heteroatoms. The van der Waals surface area contributed by atoms with E-state index in [0.717, 1.165) is 10.4 Å². The van der Waals surface area contributed by atoms with Gasteiger partial charge in [0.15, 0.2) is 5.41 Å². The average Bonchev–Trinajstić information content (AvgIpc) is 3.30. The second kappa shape index (κ2) is 8.02. The fourth-order valence-corrected chi connectivity index (χ4v) is 4.33. The highest BCUT2D eigenvalue weighted by Gasteiger charge is 2.63. The van der Waals surface area contributed by atoms with E-state index in [2.05, 4.69) is 0 Å². The normalized spacial score (nSPS) is 20.7.